The third kappa shape index (κ3) is 2.71. The minimum absolute atomic E-state index is 0.0219. The van der Waals surface area contributed by atoms with Gasteiger partial charge >= 0.3 is 0 Å². The molecule has 4 rings (SSSR count). The van der Waals surface area contributed by atoms with Gasteiger partial charge in [-0.15, -0.1) is 0 Å². The van der Waals surface area contributed by atoms with Gasteiger partial charge in [-0.05, 0) is 5.56 Å². The van der Waals surface area contributed by atoms with Crippen molar-refractivity contribution in [1.29, 1.82) is 5.26 Å². The van der Waals surface area contributed by atoms with Crippen LogP contribution in [0.3, 0.4) is 0 Å². The summed E-state index contributed by atoms with van der Waals surface area (Å²) in [6, 6.07) is 7.36. The summed E-state index contributed by atoms with van der Waals surface area (Å²) in [6.07, 6.45) is 0. The molecule has 11 nitrogen and oxygen atoms in total. The number of nitrogens with two attached hydrogens (primary N) is 2. The van der Waals surface area contributed by atoms with Crippen LogP contribution in [0.4, 0.5) is 23.0 Å². The molecular formula is C17H13N7O4S. The summed E-state index contributed by atoms with van der Waals surface area (Å²) >= 11 is 1.32. The van der Waals surface area contributed by atoms with Crippen LogP contribution in [0.15, 0.2) is 35.0 Å². The molecule has 1 fully saturated rings. The highest BCUT2D eigenvalue weighted by molar-refractivity contribution is 8.03. The number of thioether (sulfide) groups is 1. The number of hydrogen-bond donors (Lipinski definition) is 2. The molecule has 2 aliphatic heterocycles. The quantitative estimate of drug-likeness (QED) is 0.561. The first-order valence-corrected chi connectivity index (χ1v) is 9.35. The number of nitrogens with zero attached hydrogens (tertiary/aromatic N) is 5. The van der Waals surface area contributed by atoms with Crippen molar-refractivity contribution in [1.82, 2.24) is 4.98 Å². The van der Waals surface area contributed by atoms with Crippen molar-refractivity contribution < 1.29 is 9.85 Å². The molecule has 3 heterocycles. The zero-order valence-corrected chi connectivity index (χ0v) is 15.5. The highest BCUT2D eigenvalue weighted by Gasteiger charge is 2.46. The summed E-state index contributed by atoms with van der Waals surface area (Å²) in [5.41, 5.74) is 12.6. The lowest BCUT2D eigenvalue weighted by Gasteiger charge is -2.31. The Kier molecular flexibility index (Phi) is 4.24. The number of nitriles is 1. The fourth-order valence-corrected chi connectivity index (χ4v) is 4.76. The molecule has 1 aromatic carbocycles. The Bertz CT molecular complexity index is 1140. The zero-order valence-electron chi connectivity index (χ0n) is 14.7. The Morgan fingerprint density at radius 3 is 2.48 bits per heavy atom. The molecular weight excluding hydrogens is 398 g/mol. The van der Waals surface area contributed by atoms with E-state index in [1.165, 1.54) is 36.0 Å². The van der Waals surface area contributed by atoms with Crippen LogP contribution in [0.2, 0.25) is 0 Å². The molecule has 0 radical (unpaired) electrons. The Labute approximate surface area is 167 Å². The maximum absolute atomic E-state index is 12.0. The van der Waals surface area contributed by atoms with E-state index in [0.717, 1.165) is 0 Å². The number of fused-ring (bicyclic) bond motifs is 3. The molecule has 0 amide bonds. The van der Waals surface area contributed by atoms with Gasteiger partial charge in [0.15, 0.2) is 5.03 Å². The number of nitro benzene ring substituents is 1. The van der Waals surface area contributed by atoms with Gasteiger partial charge in [0.25, 0.3) is 11.4 Å². The molecule has 2 aromatic rings. The third-order valence-corrected chi connectivity index (χ3v) is 5.95. The lowest BCUT2D eigenvalue weighted by Crippen LogP contribution is -2.31. The van der Waals surface area contributed by atoms with Crippen molar-refractivity contribution in [2.24, 2.45) is 0 Å². The van der Waals surface area contributed by atoms with Gasteiger partial charge in [-0.2, -0.15) is 5.26 Å². The molecule has 1 atom stereocenters. The van der Waals surface area contributed by atoms with Crippen LogP contribution in [-0.2, 0) is 0 Å². The molecule has 2 aliphatic rings. The number of rotatable bonds is 3. The summed E-state index contributed by atoms with van der Waals surface area (Å²) in [7, 11) is 0. The highest BCUT2D eigenvalue weighted by atomic mass is 32.2. The van der Waals surface area contributed by atoms with E-state index in [4.69, 9.17) is 11.5 Å². The molecule has 29 heavy (non-hydrogen) atoms. The number of hydrogen-bond acceptors (Lipinski definition) is 10. The predicted octanol–water partition coefficient (Wildman–Crippen LogP) is 2.17. The Hall–Kier alpha value is -3.85. The van der Waals surface area contributed by atoms with Crippen molar-refractivity contribution in [3.8, 4) is 6.07 Å². The van der Waals surface area contributed by atoms with Crippen LogP contribution in [0.1, 0.15) is 22.6 Å². The Balaban J connectivity index is 2.04. The van der Waals surface area contributed by atoms with E-state index in [2.05, 4.69) is 4.98 Å². The maximum atomic E-state index is 12.0. The number of allylic oxidation sites excluding steroid dienone is 1. The normalized spacial score (nSPS) is 17.5. The Morgan fingerprint density at radius 1 is 1.21 bits per heavy atom. The van der Waals surface area contributed by atoms with Crippen molar-refractivity contribution >= 4 is 34.8 Å². The van der Waals surface area contributed by atoms with E-state index in [-0.39, 0.29) is 28.5 Å². The predicted molar refractivity (Wildman–Crippen MR) is 107 cm³/mol. The van der Waals surface area contributed by atoms with E-state index < -0.39 is 15.8 Å². The molecule has 12 heteroatoms. The van der Waals surface area contributed by atoms with Crippen LogP contribution in [0.25, 0.3) is 0 Å². The average molecular weight is 411 g/mol. The van der Waals surface area contributed by atoms with Gasteiger partial charge in [-0.3, -0.25) is 20.2 Å². The monoisotopic (exact) mass is 411 g/mol. The van der Waals surface area contributed by atoms with Gasteiger partial charge < -0.3 is 16.4 Å². The second kappa shape index (κ2) is 6.64. The van der Waals surface area contributed by atoms with Gasteiger partial charge in [-0.25, -0.2) is 4.98 Å². The number of pyridine rings is 1. The zero-order chi connectivity index (χ0) is 20.9. The van der Waals surface area contributed by atoms with Gasteiger partial charge in [0, 0.05) is 30.0 Å². The first-order valence-electron chi connectivity index (χ1n) is 8.37. The van der Waals surface area contributed by atoms with E-state index in [1.54, 1.807) is 4.90 Å². The van der Waals surface area contributed by atoms with Gasteiger partial charge in [0.1, 0.15) is 29.2 Å². The van der Waals surface area contributed by atoms with Crippen molar-refractivity contribution in [2.45, 2.75) is 5.92 Å². The smallest absolute Gasteiger partial charge is 0.288 e. The van der Waals surface area contributed by atoms with E-state index in [1.807, 2.05) is 6.07 Å². The van der Waals surface area contributed by atoms with E-state index in [9.17, 15) is 25.5 Å². The molecule has 1 unspecified atom stereocenters. The van der Waals surface area contributed by atoms with Crippen LogP contribution in [-0.4, -0.2) is 27.1 Å². The number of benzene rings is 1. The topological polar surface area (TPSA) is 178 Å². The summed E-state index contributed by atoms with van der Waals surface area (Å²) in [6.45, 7) is 0.481. The van der Waals surface area contributed by atoms with Crippen LogP contribution in [0.5, 0.6) is 0 Å². The molecule has 4 N–H and O–H groups in total. The van der Waals surface area contributed by atoms with Crippen molar-refractivity contribution in [3.05, 3.63) is 71.9 Å². The van der Waals surface area contributed by atoms with E-state index >= 15 is 0 Å². The fraction of sp³-hybridized carbons (Fsp3) is 0.176. The van der Waals surface area contributed by atoms with Crippen LogP contribution >= 0.6 is 11.8 Å². The first kappa shape index (κ1) is 18.5. The summed E-state index contributed by atoms with van der Waals surface area (Å²) < 4.78 is 0. The maximum Gasteiger partial charge on any atom is 0.288 e. The third-order valence-electron chi connectivity index (χ3n) is 4.86. The molecule has 0 aliphatic carbocycles. The Morgan fingerprint density at radius 2 is 1.90 bits per heavy atom. The minimum atomic E-state index is -0.946. The molecule has 0 bridgehead atoms. The first-order chi connectivity index (χ1) is 13.8. The van der Waals surface area contributed by atoms with Gasteiger partial charge in [0.05, 0.1) is 15.5 Å². The van der Waals surface area contributed by atoms with Crippen molar-refractivity contribution in [2.75, 3.05) is 28.7 Å². The SMILES string of the molecule is N#Cc1c(N)nc2c(c1N)C(c1ccc([N+](=O)[O-])cc1)C([N+](=O)[O-])=C1SCCN12. The van der Waals surface area contributed by atoms with Gasteiger partial charge in [-0.1, -0.05) is 23.9 Å². The number of aromatic nitrogens is 1. The standard InChI is InChI=1S/C17H13N7O4S/c18-7-10-13(19)12-11(8-1-3-9(4-2-8)23(25)26)14(24(27)28)17-22(5-6-29-17)16(12)21-15(10)20/h1-4,11H,5-6H2,(H4,19,20,21). The number of non-ortho nitro benzene ring substituents is 1. The number of nitrogen functional groups attached to an aromatic ring is 2. The second-order valence-corrected chi connectivity index (χ2v) is 7.45. The lowest BCUT2D eigenvalue weighted by atomic mass is 9.84. The molecule has 1 aromatic heterocycles. The van der Waals surface area contributed by atoms with Crippen LogP contribution < -0.4 is 16.4 Å². The summed E-state index contributed by atoms with van der Waals surface area (Å²) in [5, 5.41) is 32.9. The number of anilines is 3. The van der Waals surface area contributed by atoms with E-state index in [0.29, 0.717) is 34.3 Å². The highest BCUT2D eigenvalue weighted by Crippen LogP contribution is 2.52. The molecule has 0 saturated carbocycles. The summed E-state index contributed by atoms with van der Waals surface area (Å²) in [5.74, 6) is -0.0153. The largest absolute Gasteiger partial charge is 0.397 e. The fourth-order valence-electron chi connectivity index (χ4n) is 3.62. The minimum Gasteiger partial charge on any atom is -0.397 e. The van der Waals surface area contributed by atoms with Gasteiger partial charge in [0.2, 0.25) is 0 Å². The molecule has 1 saturated heterocycles. The molecule has 146 valence electrons. The summed E-state index contributed by atoms with van der Waals surface area (Å²) in [4.78, 5) is 28.0. The van der Waals surface area contributed by atoms with Crippen LogP contribution in [0, 0.1) is 31.6 Å². The average Bonchev–Trinajstić information content (AvgIpc) is 3.16. The van der Waals surface area contributed by atoms with Crippen molar-refractivity contribution in [3.63, 3.8) is 0 Å². The second-order valence-electron chi connectivity index (χ2n) is 6.36. The lowest BCUT2D eigenvalue weighted by molar-refractivity contribution is -0.429. The molecule has 0 spiro atoms. The number of nitro groups is 2.